The van der Waals surface area contributed by atoms with E-state index in [1.165, 1.54) is 0 Å². The van der Waals surface area contributed by atoms with Crippen molar-refractivity contribution in [1.82, 2.24) is 24.5 Å². The van der Waals surface area contributed by atoms with E-state index in [0.29, 0.717) is 17.9 Å². The number of fused-ring (bicyclic) bond motifs is 1. The number of alkyl halides is 2. The average molecular weight is 429 g/mol. The number of anilines is 2. The third kappa shape index (κ3) is 4.01. The Morgan fingerprint density at radius 1 is 1.26 bits per heavy atom. The average Bonchev–Trinajstić information content (AvgIpc) is 3.25. The smallest absolute Gasteiger partial charge is 0.295 e. The van der Waals surface area contributed by atoms with Gasteiger partial charge in [-0.1, -0.05) is 24.3 Å². The van der Waals surface area contributed by atoms with Crippen LogP contribution >= 0.6 is 0 Å². The molecule has 3 heterocycles. The molecule has 1 amide bonds. The first-order valence-corrected chi connectivity index (χ1v) is 10.2. The normalized spacial score (nSPS) is 18.0. The third-order valence-corrected chi connectivity index (χ3v) is 5.61. The molecule has 0 unspecified atom stereocenters. The molecule has 8 nitrogen and oxygen atoms in total. The minimum Gasteiger partial charge on any atom is -0.352 e. The highest BCUT2D eigenvalue weighted by atomic mass is 19.3. The van der Waals surface area contributed by atoms with Crippen LogP contribution in [0.1, 0.15) is 52.5 Å². The first-order valence-electron chi connectivity index (χ1n) is 10.2. The van der Waals surface area contributed by atoms with Crippen LogP contribution in [-0.4, -0.2) is 42.9 Å². The summed E-state index contributed by atoms with van der Waals surface area (Å²) in [5.74, 6) is -0.545. The molecule has 1 aromatic carbocycles. The number of halogens is 2. The fourth-order valence-electron chi connectivity index (χ4n) is 3.85. The molecule has 0 spiro atoms. The molecule has 1 aliphatic rings. The number of carbonyl (C=O) groups is 1. The van der Waals surface area contributed by atoms with Crippen molar-refractivity contribution in [2.75, 3.05) is 10.6 Å². The number of rotatable bonds is 5. The summed E-state index contributed by atoms with van der Waals surface area (Å²) in [6, 6.07) is 6.74. The largest absolute Gasteiger partial charge is 0.352 e. The van der Waals surface area contributed by atoms with E-state index in [4.69, 9.17) is 0 Å². The minimum absolute atomic E-state index is 0.160. The molecule has 164 valence electrons. The van der Waals surface area contributed by atoms with E-state index >= 15 is 0 Å². The summed E-state index contributed by atoms with van der Waals surface area (Å²) >= 11 is 0. The van der Waals surface area contributed by atoms with Gasteiger partial charge in [-0.25, -0.2) is 13.5 Å². The first kappa shape index (κ1) is 21.0. The summed E-state index contributed by atoms with van der Waals surface area (Å²) < 4.78 is 29.8. The second-order valence-corrected chi connectivity index (χ2v) is 7.97. The molecule has 0 aliphatic carbocycles. The number of aryl methyl sites for hydroxylation is 2. The fraction of sp³-hybridized carbons (Fsp3) is 0.429. The van der Waals surface area contributed by atoms with Crippen molar-refractivity contribution in [3.8, 4) is 0 Å². The molecule has 2 atom stereocenters. The predicted molar refractivity (Wildman–Crippen MR) is 113 cm³/mol. The summed E-state index contributed by atoms with van der Waals surface area (Å²) in [5.41, 5.74) is 4.30. The molecule has 0 radical (unpaired) electrons. The van der Waals surface area contributed by atoms with Crippen molar-refractivity contribution >= 4 is 17.5 Å². The maximum absolute atomic E-state index is 13.4. The van der Waals surface area contributed by atoms with Crippen molar-refractivity contribution < 1.29 is 13.6 Å². The van der Waals surface area contributed by atoms with Crippen molar-refractivity contribution in [2.45, 2.75) is 59.2 Å². The Labute approximate surface area is 178 Å². The van der Waals surface area contributed by atoms with E-state index in [0.717, 1.165) is 21.5 Å². The van der Waals surface area contributed by atoms with Crippen LogP contribution in [0.5, 0.6) is 0 Å². The van der Waals surface area contributed by atoms with Gasteiger partial charge < -0.3 is 10.6 Å². The zero-order valence-electron chi connectivity index (χ0n) is 17.9. The van der Waals surface area contributed by atoms with Crippen LogP contribution in [0, 0.1) is 20.8 Å². The molecule has 1 aliphatic heterocycles. The van der Waals surface area contributed by atoms with E-state index in [9.17, 15) is 13.6 Å². The van der Waals surface area contributed by atoms with E-state index in [2.05, 4.69) is 25.8 Å². The number of nitrogens with one attached hydrogen (secondary N) is 2. The minimum atomic E-state index is -2.59. The number of carbonyl (C=O) groups excluding carboxylic acids is 1. The zero-order chi connectivity index (χ0) is 22.3. The van der Waals surface area contributed by atoms with Crippen LogP contribution in [0.3, 0.4) is 0 Å². The van der Waals surface area contributed by atoms with Crippen LogP contribution < -0.4 is 10.6 Å². The Bertz CT molecular complexity index is 1120. The Morgan fingerprint density at radius 3 is 2.71 bits per heavy atom. The van der Waals surface area contributed by atoms with Gasteiger partial charge in [0.05, 0.1) is 23.6 Å². The van der Waals surface area contributed by atoms with E-state index < -0.39 is 18.4 Å². The van der Waals surface area contributed by atoms with Gasteiger partial charge in [0.1, 0.15) is 6.04 Å². The number of benzene rings is 1. The second-order valence-electron chi connectivity index (χ2n) is 7.97. The van der Waals surface area contributed by atoms with Crippen molar-refractivity contribution in [3.05, 3.63) is 52.6 Å². The molecule has 0 fully saturated rings. The monoisotopic (exact) mass is 429 g/mol. The molecule has 0 saturated heterocycles. The van der Waals surface area contributed by atoms with E-state index in [1.54, 1.807) is 13.8 Å². The third-order valence-electron chi connectivity index (χ3n) is 5.61. The van der Waals surface area contributed by atoms with Gasteiger partial charge in [-0.05, 0) is 45.2 Å². The van der Waals surface area contributed by atoms with Crippen LogP contribution in [0.25, 0.3) is 0 Å². The van der Waals surface area contributed by atoms with Gasteiger partial charge in [0.15, 0.2) is 0 Å². The quantitative estimate of drug-likeness (QED) is 0.645. The highest BCUT2D eigenvalue weighted by molar-refractivity contribution is 6.02. The Hall–Kier alpha value is -3.30. The molecular weight excluding hydrogens is 404 g/mol. The molecule has 3 aromatic rings. The van der Waals surface area contributed by atoms with Gasteiger partial charge in [0, 0.05) is 6.04 Å². The number of hydrogen-bond acceptors (Lipinski definition) is 5. The number of aromatic nitrogens is 5. The molecule has 10 heteroatoms. The Morgan fingerprint density at radius 2 is 2.00 bits per heavy atom. The van der Waals surface area contributed by atoms with Gasteiger partial charge >= 0.3 is 0 Å². The van der Waals surface area contributed by atoms with Crippen LogP contribution in [0.4, 0.5) is 20.4 Å². The molecule has 4 rings (SSSR count). The SMILES string of the molecule is Cc1ccccc1Cn1nc(C)c(NC(=O)c2nc3n(n2)[C@@H](C(F)F)C[C@H](C)N3)c1C. The number of nitrogens with zero attached hydrogens (tertiary/aromatic N) is 5. The van der Waals surface area contributed by atoms with Gasteiger partial charge in [-0.15, -0.1) is 5.10 Å². The number of hydrogen-bond donors (Lipinski definition) is 2. The maximum Gasteiger partial charge on any atom is 0.295 e. The molecule has 0 bridgehead atoms. The van der Waals surface area contributed by atoms with Gasteiger partial charge in [0.2, 0.25) is 11.8 Å². The molecule has 31 heavy (non-hydrogen) atoms. The first-order chi connectivity index (χ1) is 14.7. The van der Waals surface area contributed by atoms with Crippen molar-refractivity contribution in [3.63, 3.8) is 0 Å². The lowest BCUT2D eigenvalue weighted by Crippen LogP contribution is -2.33. The van der Waals surface area contributed by atoms with Crippen molar-refractivity contribution in [2.24, 2.45) is 0 Å². The van der Waals surface area contributed by atoms with Crippen LogP contribution in [0.2, 0.25) is 0 Å². The van der Waals surface area contributed by atoms with Crippen molar-refractivity contribution in [1.29, 1.82) is 0 Å². The summed E-state index contributed by atoms with van der Waals surface area (Å²) in [6.07, 6.45) is -2.39. The van der Waals surface area contributed by atoms with Gasteiger partial charge in [0.25, 0.3) is 12.3 Å². The molecular formula is C21H25F2N7O. The highest BCUT2D eigenvalue weighted by Crippen LogP contribution is 2.30. The Kier molecular flexibility index (Phi) is 5.47. The molecule has 2 N–H and O–H groups in total. The standard InChI is InChI=1S/C21H25F2N7O/c1-11-7-5-6-8-15(11)10-29-14(4)17(13(3)27-29)25-20(31)19-26-21-24-12(2)9-16(18(22)23)30(21)28-19/h5-8,12,16,18H,9-10H2,1-4H3,(H,25,31)(H,24,26,28)/t12-,16+/m0/s1. The maximum atomic E-state index is 13.4. The van der Waals surface area contributed by atoms with E-state index in [-0.39, 0.29) is 24.2 Å². The second kappa shape index (κ2) is 8.09. The summed E-state index contributed by atoms with van der Waals surface area (Å²) in [6.45, 7) is 8.08. The lowest BCUT2D eigenvalue weighted by molar-refractivity contribution is 0.0662. The van der Waals surface area contributed by atoms with Crippen LogP contribution in [0.15, 0.2) is 24.3 Å². The molecule has 2 aromatic heterocycles. The molecule has 0 saturated carbocycles. The van der Waals surface area contributed by atoms with Crippen LogP contribution in [-0.2, 0) is 6.54 Å². The topological polar surface area (TPSA) is 89.7 Å². The fourth-order valence-corrected chi connectivity index (χ4v) is 3.85. The summed E-state index contributed by atoms with van der Waals surface area (Å²) in [7, 11) is 0. The van der Waals surface area contributed by atoms with Gasteiger partial charge in [-0.2, -0.15) is 10.1 Å². The Balaban J connectivity index is 1.57. The number of amides is 1. The zero-order valence-corrected chi connectivity index (χ0v) is 17.9. The summed E-state index contributed by atoms with van der Waals surface area (Å²) in [4.78, 5) is 17.0. The van der Waals surface area contributed by atoms with E-state index in [1.807, 2.05) is 42.8 Å². The predicted octanol–water partition coefficient (Wildman–Crippen LogP) is 3.71. The lowest BCUT2D eigenvalue weighted by atomic mass is 10.1. The highest BCUT2D eigenvalue weighted by Gasteiger charge is 2.34. The summed E-state index contributed by atoms with van der Waals surface area (Å²) in [5, 5.41) is 14.4. The lowest BCUT2D eigenvalue weighted by Gasteiger charge is -2.28. The van der Waals surface area contributed by atoms with Gasteiger partial charge in [-0.3, -0.25) is 9.48 Å².